The van der Waals surface area contributed by atoms with E-state index < -0.39 is 5.97 Å². The maximum absolute atomic E-state index is 12.2. The molecule has 0 radical (unpaired) electrons. The minimum absolute atomic E-state index is 0.184. The third kappa shape index (κ3) is 2.70. The van der Waals surface area contributed by atoms with E-state index in [0.717, 1.165) is 18.5 Å². The van der Waals surface area contributed by atoms with E-state index in [1.54, 1.807) is 19.1 Å². The van der Waals surface area contributed by atoms with Crippen molar-refractivity contribution in [3.05, 3.63) is 33.9 Å². The van der Waals surface area contributed by atoms with Gasteiger partial charge in [0.1, 0.15) is 5.69 Å². The lowest BCUT2D eigenvalue weighted by atomic mass is 9.87. The van der Waals surface area contributed by atoms with Crippen LogP contribution in [-0.4, -0.2) is 27.2 Å². The average molecular weight is 289 g/mol. The van der Waals surface area contributed by atoms with Crippen LogP contribution in [-0.2, 0) is 4.74 Å². The second-order valence-corrected chi connectivity index (χ2v) is 5.44. The zero-order chi connectivity index (χ0) is 14.8. The van der Waals surface area contributed by atoms with E-state index in [1.165, 1.54) is 23.8 Å². The molecule has 6 heteroatoms. The Balaban J connectivity index is 1.99. The van der Waals surface area contributed by atoms with Crippen molar-refractivity contribution in [1.29, 1.82) is 0 Å². The Bertz CT molecular complexity index is 711. The minimum atomic E-state index is -0.471. The van der Waals surface area contributed by atoms with Gasteiger partial charge in [0.15, 0.2) is 5.65 Å². The van der Waals surface area contributed by atoms with E-state index in [9.17, 15) is 9.59 Å². The minimum Gasteiger partial charge on any atom is -0.461 e. The van der Waals surface area contributed by atoms with E-state index in [4.69, 9.17) is 4.74 Å². The summed E-state index contributed by atoms with van der Waals surface area (Å²) in [5.74, 6) is -0.112. The molecule has 21 heavy (non-hydrogen) atoms. The van der Waals surface area contributed by atoms with Crippen molar-refractivity contribution in [3.63, 3.8) is 0 Å². The molecule has 2 aromatic rings. The van der Waals surface area contributed by atoms with Crippen LogP contribution >= 0.6 is 0 Å². The van der Waals surface area contributed by atoms with Crippen molar-refractivity contribution in [2.45, 2.75) is 44.9 Å². The van der Waals surface area contributed by atoms with Crippen LogP contribution in [0.2, 0.25) is 0 Å². The van der Waals surface area contributed by atoms with Gasteiger partial charge in [-0.3, -0.25) is 9.89 Å². The van der Waals surface area contributed by atoms with E-state index in [1.807, 2.05) is 0 Å². The number of nitrogens with one attached hydrogen (secondary N) is 1. The summed E-state index contributed by atoms with van der Waals surface area (Å²) in [5, 5.41) is 2.75. The summed E-state index contributed by atoms with van der Waals surface area (Å²) in [6.45, 7) is 2.04. The third-order valence-corrected chi connectivity index (χ3v) is 3.99. The lowest BCUT2D eigenvalue weighted by Gasteiger charge is -2.20. The second-order valence-electron chi connectivity index (χ2n) is 5.44. The zero-order valence-electron chi connectivity index (χ0n) is 12.1. The number of carbonyl (C=O) groups is 1. The summed E-state index contributed by atoms with van der Waals surface area (Å²) in [6, 6.07) is 3.15. The number of H-pyrrole nitrogens is 1. The van der Waals surface area contributed by atoms with Gasteiger partial charge in [0.2, 0.25) is 0 Å². The molecule has 1 aliphatic carbocycles. The molecule has 0 unspecified atom stereocenters. The molecule has 0 aliphatic heterocycles. The molecular weight excluding hydrogens is 270 g/mol. The Morgan fingerprint density at radius 2 is 2.14 bits per heavy atom. The fourth-order valence-electron chi connectivity index (χ4n) is 2.93. The largest absolute Gasteiger partial charge is 0.461 e. The Morgan fingerprint density at radius 3 is 2.86 bits per heavy atom. The van der Waals surface area contributed by atoms with Gasteiger partial charge in [-0.25, -0.2) is 14.3 Å². The highest BCUT2D eigenvalue weighted by atomic mass is 16.5. The molecule has 0 spiro atoms. The average Bonchev–Trinajstić information content (AvgIpc) is 2.93. The van der Waals surface area contributed by atoms with Gasteiger partial charge in [-0.15, -0.1) is 0 Å². The molecule has 3 rings (SSSR count). The summed E-state index contributed by atoms with van der Waals surface area (Å²) < 4.78 is 6.22. The molecule has 1 N–H and O–H groups in total. The van der Waals surface area contributed by atoms with Gasteiger partial charge < -0.3 is 4.74 Å². The van der Waals surface area contributed by atoms with Gasteiger partial charge in [0.25, 0.3) is 5.56 Å². The first-order chi connectivity index (χ1) is 10.2. The van der Waals surface area contributed by atoms with Crippen LogP contribution in [0.15, 0.2) is 16.9 Å². The van der Waals surface area contributed by atoms with Crippen molar-refractivity contribution in [2.24, 2.45) is 0 Å². The van der Waals surface area contributed by atoms with Crippen LogP contribution in [0.3, 0.4) is 0 Å². The normalized spacial score (nSPS) is 16.2. The van der Waals surface area contributed by atoms with Gasteiger partial charge in [0.05, 0.1) is 12.3 Å². The quantitative estimate of drug-likeness (QED) is 0.879. The van der Waals surface area contributed by atoms with Crippen molar-refractivity contribution in [1.82, 2.24) is 14.6 Å². The van der Waals surface area contributed by atoms with Crippen molar-refractivity contribution < 1.29 is 9.53 Å². The summed E-state index contributed by atoms with van der Waals surface area (Å²) in [5.41, 5.74) is 1.39. The first-order valence-electron chi connectivity index (χ1n) is 7.49. The monoisotopic (exact) mass is 289 g/mol. The maximum Gasteiger partial charge on any atom is 0.356 e. The van der Waals surface area contributed by atoms with Crippen molar-refractivity contribution >= 4 is 11.6 Å². The Morgan fingerprint density at radius 1 is 1.38 bits per heavy atom. The Hall–Kier alpha value is -2.11. The van der Waals surface area contributed by atoms with Crippen LogP contribution < -0.4 is 5.56 Å². The molecular formula is C15H19N3O3. The molecule has 1 aliphatic rings. The molecule has 1 saturated carbocycles. The van der Waals surface area contributed by atoms with Crippen molar-refractivity contribution in [2.75, 3.05) is 6.61 Å². The topological polar surface area (TPSA) is 76.5 Å². The summed E-state index contributed by atoms with van der Waals surface area (Å²) >= 11 is 0. The Kier molecular flexibility index (Phi) is 3.77. The number of carbonyl (C=O) groups excluding carboxylic acids is 1. The molecule has 112 valence electrons. The van der Waals surface area contributed by atoms with Crippen LogP contribution in [0.5, 0.6) is 0 Å². The predicted octanol–water partition coefficient (Wildman–Crippen LogP) is 2.25. The molecule has 0 amide bonds. The smallest absolute Gasteiger partial charge is 0.356 e. The first kappa shape index (κ1) is 13.9. The molecule has 1 fully saturated rings. The predicted molar refractivity (Wildman–Crippen MR) is 77.6 cm³/mol. The summed E-state index contributed by atoms with van der Waals surface area (Å²) in [4.78, 5) is 28.4. The lowest BCUT2D eigenvalue weighted by Crippen LogP contribution is -2.18. The van der Waals surface area contributed by atoms with Gasteiger partial charge in [0, 0.05) is 18.1 Å². The number of fused-ring (bicyclic) bond motifs is 1. The van der Waals surface area contributed by atoms with Gasteiger partial charge in [-0.1, -0.05) is 19.3 Å². The highest BCUT2D eigenvalue weighted by molar-refractivity contribution is 5.88. The van der Waals surface area contributed by atoms with Crippen LogP contribution in [0, 0.1) is 0 Å². The van der Waals surface area contributed by atoms with Crippen molar-refractivity contribution in [3.8, 4) is 0 Å². The standard InChI is InChI=1S/C15H19N3O3/c1-2-21-15(20)12-8-13-16-11(9-14(19)18(13)17-12)10-6-4-3-5-7-10/h8-10,17H,2-7H2,1H3. The molecule has 2 heterocycles. The second kappa shape index (κ2) is 5.71. The lowest BCUT2D eigenvalue weighted by molar-refractivity contribution is 0.0519. The molecule has 6 nitrogen and oxygen atoms in total. The number of esters is 1. The number of hydrogen-bond donors (Lipinski definition) is 1. The summed E-state index contributed by atoms with van der Waals surface area (Å²) in [6.07, 6.45) is 5.80. The number of ether oxygens (including phenoxy) is 1. The van der Waals surface area contributed by atoms with E-state index in [-0.39, 0.29) is 11.3 Å². The molecule has 2 aromatic heterocycles. The molecule has 0 atom stereocenters. The molecule has 0 bridgehead atoms. The number of rotatable bonds is 3. The fourth-order valence-corrected chi connectivity index (χ4v) is 2.93. The molecule has 0 saturated heterocycles. The van der Waals surface area contributed by atoms with Gasteiger partial charge in [-0.2, -0.15) is 0 Å². The van der Waals surface area contributed by atoms with Crippen LogP contribution in [0.4, 0.5) is 0 Å². The van der Waals surface area contributed by atoms with Crippen LogP contribution in [0.25, 0.3) is 5.65 Å². The van der Waals surface area contributed by atoms with E-state index >= 15 is 0 Å². The number of aromatic nitrogens is 3. The molecule has 0 aromatic carbocycles. The first-order valence-corrected chi connectivity index (χ1v) is 7.49. The van der Waals surface area contributed by atoms with E-state index in [2.05, 4.69) is 10.1 Å². The number of aromatic amines is 1. The fraction of sp³-hybridized carbons (Fsp3) is 0.533. The summed E-state index contributed by atoms with van der Waals surface area (Å²) in [7, 11) is 0. The zero-order valence-corrected chi connectivity index (χ0v) is 12.1. The van der Waals surface area contributed by atoms with Gasteiger partial charge in [-0.05, 0) is 19.8 Å². The number of nitrogens with zero attached hydrogens (tertiary/aromatic N) is 2. The third-order valence-electron chi connectivity index (χ3n) is 3.99. The van der Waals surface area contributed by atoms with Crippen LogP contribution in [0.1, 0.15) is 61.1 Å². The highest BCUT2D eigenvalue weighted by Crippen LogP contribution is 2.31. The maximum atomic E-state index is 12.2. The van der Waals surface area contributed by atoms with Gasteiger partial charge >= 0.3 is 5.97 Å². The Labute approximate surface area is 122 Å². The van der Waals surface area contributed by atoms with E-state index in [0.29, 0.717) is 18.2 Å². The number of hydrogen-bond acceptors (Lipinski definition) is 4. The SMILES string of the molecule is CCOC(=O)c1cc2nc(C3CCCCC3)cc(=O)n2[nH]1. The highest BCUT2D eigenvalue weighted by Gasteiger charge is 2.19.